The predicted octanol–water partition coefficient (Wildman–Crippen LogP) is 3.97. The molecule has 0 spiro atoms. The summed E-state index contributed by atoms with van der Waals surface area (Å²) in [4.78, 5) is 50.1. The van der Waals surface area contributed by atoms with Gasteiger partial charge in [0.15, 0.2) is 11.5 Å². The van der Waals surface area contributed by atoms with E-state index < -0.39 is 34.5 Å². The number of aromatic nitrogens is 4. The zero-order chi connectivity index (χ0) is 24.9. The van der Waals surface area contributed by atoms with Gasteiger partial charge in [-0.1, -0.05) is 19.9 Å². The van der Waals surface area contributed by atoms with Crippen molar-refractivity contribution in [2.45, 2.75) is 31.1 Å². The van der Waals surface area contributed by atoms with E-state index in [1.807, 2.05) is 13.8 Å². The van der Waals surface area contributed by atoms with E-state index in [2.05, 4.69) is 20.3 Å². The number of aromatic amines is 1. The molecule has 4 heterocycles. The molecule has 35 heavy (non-hydrogen) atoms. The molecule has 0 radical (unpaired) electrons. The van der Waals surface area contributed by atoms with Gasteiger partial charge in [0, 0.05) is 23.3 Å². The van der Waals surface area contributed by atoms with E-state index in [-0.39, 0.29) is 34.6 Å². The van der Waals surface area contributed by atoms with Gasteiger partial charge >= 0.3 is 5.69 Å². The van der Waals surface area contributed by atoms with Gasteiger partial charge in [-0.05, 0) is 30.2 Å². The van der Waals surface area contributed by atoms with Crippen molar-refractivity contribution >= 4 is 34.4 Å². The second-order valence-corrected chi connectivity index (χ2v) is 9.43. The Hall–Kier alpha value is -3.86. The summed E-state index contributed by atoms with van der Waals surface area (Å²) in [5.74, 6) is -1.98. The Morgan fingerprint density at radius 3 is 2.69 bits per heavy atom. The predicted molar refractivity (Wildman–Crippen MR) is 129 cm³/mol. The highest BCUT2D eigenvalue weighted by atomic mass is 32.2. The SMILES string of the molecule is CC(C)c1nccc2c1-n1c(=O)[nH]c(=O)c3cc(F)c(nc31)-c1c(F)cccc1NC(=O)CCS2. The van der Waals surface area contributed by atoms with Crippen molar-refractivity contribution in [1.29, 1.82) is 0 Å². The van der Waals surface area contributed by atoms with Gasteiger partial charge in [-0.2, -0.15) is 0 Å². The van der Waals surface area contributed by atoms with Crippen LogP contribution in [0.2, 0.25) is 0 Å². The Balaban J connectivity index is 1.99. The minimum Gasteiger partial charge on any atom is -0.325 e. The standard InChI is InChI=1S/C24H19F2N5O3S/c1-11(2)19-21-16(6-8-27-19)35-9-7-17(32)28-15-5-3-4-13(25)18(15)20-14(26)10-12-22(29-20)31(21)24(34)30-23(12)33/h3-6,8,10-11H,7,9H2,1-2H3,(H,28,32)(H,30,33,34). The van der Waals surface area contributed by atoms with Crippen molar-refractivity contribution in [3.63, 3.8) is 0 Å². The van der Waals surface area contributed by atoms with Crippen molar-refractivity contribution in [2.75, 3.05) is 11.1 Å². The normalized spacial score (nSPS) is 13.6. The van der Waals surface area contributed by atoms with Crippen LogP contribution in [0.5, 0.6) is 0 Å². The number of pyridine rings is 2. The number of hydrogen-bond donors (Lipinski definition) is 2. The highest BCUT2D eigenvalue weighted by Crippen LogP contribution is 2.36. The zero-order valence-corrected chi connectivity index (χ0v) is 19.5. The number of rotatable bonds is 1. The van der Waals surface area contributed by atoms with Crippen LogP contribution in [-0.4, -0.2) is 31.2 Å². The number of halogens is 2. The number of anilines is 1. The molecule has 0 aliphatic carbocycles. The van der Waals surface area contributed by atoms with Crippen LogP contribution < -0.4 is 16.6 Å². The molecular weight excluding hydrogens is 476 g/mol. The van der Waals surface area contributed by atoms with E-state index in [0.29, 0.717) is 22.0 Å². The number of benzene rings is 1. The first-order chi connectivity index (χ1) is 16.8. The summed E-state index contributed by atoms with van der Waals surface area (Å²) < 4.78 is 31.5. The summed E-state index contributed by atoms with van der Waals surface area (Å²) in [6, 6.07) is 6.56. The molecule has 1 aromatic carbocycles. The molecule has 2 N–H and O–H groups in total. The highest BCUT2D eigenvalue weighted by Gasteiger charge is 2.25. The Kier molecular flexibility index (Phi) is 5.72. The lowest BCUT2D eigenvalue weighted by molar-refractivity contribution is -0.115. The Bertz CT molecular complexity index is 1630. The van der Waals surface area contributed by atoms with E-state index >= 15 is 8.78 Å². The second-order valence-electron chi connectivity index (χ2n) is 8.29. The fourth-order valence-corrected chi connectivity index (χ4v) is 5.06. The molecule has 5 rings (SSSR count). The number of nitrogens with zero attached hydrogens (tertiary/aromatic N) is 3. The first-order valence-electron chi connectivity index (χ1n) is 10.8. The lowest BCUT2D eigenvalue weighted by Crippen LogP contribution is -2.31. The molecule has 1 aliphatic rings. The Morgan fingerprint density at radius 1 is 1.11 bits per heavy atom. The molecule has 8 nitrogen and oxygen atoms in total. The van der Waals surface area contributed by atoms with Gasteiger partial charge < -0.3 is 5.32 Å². The molecule has 2 bridgehead atoms. The third-order valence-corrected chi connectivity index (χ3v) is 6.68. The van der Waals surface area contributed by atoms with Crippen molar-refractivity contribution < 1.29 is 13.6 Å². The number of hydrogen-bond acceptors (Lipinski definition) is 6. The summed E-state index contributed by atoms with van der Waals surface area (Å²) in [5.41, 5.74) is -1.52. The minimum absolute atomic E-state index is 0.0331. The van der Waals surface area contributed by atoms with E-state index in [9.17, 15) is 14.4 Å². The lowest BCUT2D eigenvalue weighted by atomic mass is 10.1. The molecule has 0 saturated heterocycles. The van der Waals surface area contributed by atoms with Crippen LogP contribution in [0.15, 0.2) is 51.0 Å². The fraction of sp³-hybridized carbons (Fsp3) is 0.208. The fourth-order valence-electron chi connectivity index (χ4n) is 4.07. The van der Waals surface area contributed by atoms with E-state index in [0.717, 1.165) is 12.1 Å². The number of fused-ring (bicyclic) bond motifs is 5. The third kappa shape index (κ3) is 3.91. The van der Waals surface area contributed by atoms with Crippen LogP contribution in [0.25, 0.3) is 28.0 Å². The number of thioether (sulfide) groups is 1. The Morgan fingerprint density at radius 2 is 1.91 bits per heavy atom. The molecule has 3 aromatic heterocycles. The third-order valence-electron chi connectivity index (χ3n) is 5.63. The maximum absolute atomic E-state index is 15.3. The van der Waals surface area contributed by atoms with Gasteiger partial charge in [0.05, 0.1) is 28.0 Å². The van der Waals surface area contributed by atoms with Gasteiger partial charge in [0.2, 0.25) is 5.91 Å². The maximum atomic E-state index is 15.3. The van der Waals surface area contributed by atoms with Gasteiger partial charge in [0.25, 0.3) is 5.56 Å². The van der Waals surface area contributed by atoms with Crippen LogP contribution in [0, 0.1) is 11.6 Å². The van der Waals surface area contributed by atoms with E-state index in [1.165, 1.54) is 28.5 Å². The summed E-state index contributed by atoms with van der Waals surface area (Å²) in [6.45, 7) is 3.79. The molecular formula is C24H19F2N5O3S. The van der Waals surface area contributed by atoms with Crippen molar-refractivity contribution in [3.8, 4) is 16.9 Å². The average molecular weight is 496 g/mol. The molecule has 11 heteroatoms. The topological polar surface area (TPSA) is 110 Å². The summed E-state index contributed by atoms with van der Waals surface area (Å²) in [6.07, 6.45) is 1.67. The van der Waals surface area contributed by atoms with Crippen molar-refractivity contribution in [2.24, 2.45) is 0 Å². The van der Waals surface area contributed by atoms with E-state index in [4.69, 9.17) is 0 Å². The monoisotopic (exact) mass is 495 g/mol. The highest BCUT2D eigenvalue weighted by molar-refractivity contribution is 7.99. The smallest absolute Gasteiger partial charge is 0.325 e. The molecule has 1 aliphatic heterocycles. The van der Waals surface area contributed by atoms with Gasteiger partial charge in [-0.3, -0.25) is 19.6 Å². The van der Waals surface area contributed by atoms with E-state index in [1.54, 1.807) is 12.3 Å². The summed E-state index contributed by atoms with van der Waals surface area (Å²) >= 11 is 1.33. The average Bonchev–Trinajstić information content (AvgIpc) is 2.80. The molecule has 0 unspecified atom stereocenters. The minimum atomic E-state index is -0.978. The number of H-pyrrole nitrogens is 1. The molecule has 0 saturated carbocycles. The number of carbonyl (C=O) groups is 1. The van der Waals surface area contributed by atoms with Crippen LogP contribution in [-0.2, 0) is 4.79 Å². The van der Waals surface area contributed by atoms with Crippen LogP contribution >= 0.6 is 11.8 Å². The van der Waals surface area contributed by atoms with Crippen LogP contribution in [0.4, 0.5) is 14.5 Å². The first kappa shape index (κ1) is 22.9. The first-order valence-corrected chi connectivity index (χ1v) is 11.8. The molecule has 4 aromatic rings. The molecule has 0 atom stereocenters. The molecule has 1 amide bonds. The van der Waals surface area contributed by atoms with Crippen molar-refractivity contribution in [3.05, 3.63) is 74.7 Å². The molecule has 178 valence electrons. The largest absolute Gasteiger partial charge is 0.334 e. The van der Waals surface area contributed by atoms with Crippen LogP contribution in [0.3, 0.4) is 0 Å². The number of amides is 1. The molecule has 0 fully saturated rings. The summed E-state index contributed by atoms with van der Waals surface area (Å²) in [5, 5.41) is 2.45. The maximum Gasteiger partial charge on any atom is 0.334 e. The van der Waals surface area contributed by atoms with Gasteiger partial charge in [-0.15, -0.1) is 11.8 Å². The number of carbonyl (C=O) groups excluding carboxylic acids is 1. The lowest BCUT2D eigenvalue weighted by Gasteiger charge is -2.19. The van der Waals surface area contributed by atoms with Gasteiger partial charge in [0.1, 0.15) is 11.5 Å². The second kappa shape index (κ2) is 8.73. The van der Waals surface area contributed by atoms with Crippen molar-refractivity contribution in [1.82, 2.24) is 19.5 Å². The van der Waals surface area contributed by atoms with Gasteiger partial charge in [-0.25, -0.2) is 23.1 Å². The summed E-state index contributed by atoms with van der Waals surface area (Å²) in [7, 11) is 0. The van der Waals surface area contributed by atoms with Crippen LogP contribution in [0.1, 0.15) is 31.9 Å². The zero-order valence-electron chi connectivity index (χ0n) is 18.7. The quantitative estimate of drug-likeness (QED) is 0.414. The Labute approximate surface area is 201 Å². The number of nitrogens with one attached hydrogen (secondary N) is 2.